The molecule has 3 fully saturated rings. The van der Waals surface area contributed by atoms with E-state index in [0.29, 0.717) is 0 Å². The lowest BCUT2D eigenvalue weighted by atomic mass is 9.51. The van der Waals surface area contributed by atoms with Crippen molar-refractivity contribution in [1.29, 1.82) is 0 Å². The van der Waals surface area contributed by atoms with Gasteiger partial charge >= 0.3 is 0 Å². The van der Waals surface area contributed by atoms with E-state index in [1.807, 2.05) is 0 Å². The van der Waals surface area contributed by atoms with Crippen LogP contribution in [0.5, 0.6) is 0 Å². The van der Waals surface area contributed by atoms with Gasteiger partial charge in [0, 0.05) is 0 Å². The lowest BCUT2D eigenvalue weighted by molar-refractivity contribution is -0.0473. The van der Waals surface area contributed by atoms with Crippen molar-refractivity contribution in [1.82, 2.24) is 0 Å². The van der Waals surface area contributed by atoms with Gasteiger partial charge in [-0.15, -0.1) is 0 Å². The van der Waals surface area contributed by atoms with Gasteiger partial charge in [0.2, 0.25) is 0 Å². The highest BCUT2D eigenvalue weighted by molar-refractivity contribution is 6.33. The van der Waals surface area contributed by atoms with Gasteiger partial charge in [-0.05, 0) is 85.9 Å². The van der Waals surface area contributed by atoms with Crippen molar-refractivity contribution in [2.45, 2.75) is 91.7 Å². The second-order valence-electron chi connectivity index (χ2n) is 9.59. The molecule has 131 valence electrons. The van der Waals surface area contributed by atoms with Crippen molar-refractivity contribution in [3.05, 3.63) is 0 Å². The Morgan fingerprint density at radius 1 is 1.00 bits per heavy atom. The quantitative estimate of drug-likeness (QED) is 0.394. The normalized spacial score (nSPS) is 43.4. The Balaban J connectivity index is 1.49. The molecule has 0 nitrogen and oxygen atoms in total. The molecule has 3 aliphatic rings. The van der Waals surface area contributed by atoms with Gasteiger partial charge in [-0.2, -0.15) is 0 Å². The Labute approximate surface area is 146 Å². The van der Waals surface area contributed by atoms with Crippen molar-refractivity contribution in [3.8, 4) is 0 Å². The number of hydrogen-bond donors (Lipinski definition) is 0. The monoisotopic (exact) mass is 315 g/mol. The molecule has 0 amide bonds. The van der Waals surface area contributed by atoms with Gasteiger partial charge in [-0.1, -0.05) is 53.2 Å². The molecule has 3 rings (SSSR count). The van der Waals surface area contributed by atoms with E-state index in [9.17, 15) is 0 Å². The third-order valence-corrected chi connectivity index (χ3v) is 7.89. The summed E-state index contributed by atoms with van der Waals surface area (Å²) in [5, 5.41) is 0. The van der Waals surface area contributed by atoms with Crippen LogP contribution in [-0.2, 0) is 0 Å². The predicted molar refractivity (Wildman–Crippen MR) is 103 cm³/mol. The van der Waals surface area contributed by atoms with Crippen molar-refractivity contribution in [3.63, 3.8) is 0 Å². The molecule has 0 aromatic carbocycles. The highest BCUT2D eigenvalue weighted by atomic mass is 14.6. The third kappa shape index (κ3) is 4.19. The molecule has 0 aromatic heterocycles. The van der Waals surface area contributed by atoms with Crippen LogP contribution in [0.1, 0.15) is 78.6 Å². The van der Waals surface area contributed by atoms with Crippen molar-refractivity contribution in [2.75, 3.05) is 0 Å². The zero-order valence-electron chi connectivity index (χ0n) is 16.3. The van der Waals surface area contributed by atoms with E-state index in [4.69, 9.17) is 0 Å². The Morgan fingerprint density at radius 3 is 2.43 bits per heavy atom. The summed E-state index contributed by atoms with van der Waals surface area (Å²) in [5.41, 5.74) is 0. The Bertz CT molecular complexity index is 359. The molecule has 1 radical (unpaired) electrons. The molecule has 0 aromatic rings. The van der Waals surface area contributed by atoms with Crippen LogP contribution in [0.3, 0.4) is 0 Å². The molecule has 6 unspecified atom stereocenters. The Morgan fingerprint density at radius 2 is 1.78 bits per heavy atom. The van der Waals surface area contributed by atoms with Crippen LogP contribution in [0.4, 0.5) is 0 Å². The van der Waals surface area contributed by atoms with Crippen LogP contribution in [0, 0.1) is 47.3 Å². The zero-order valence-corrected chi connectivity index (χ0v) is 16.3. The SMILES string of the molecule is C[B]CC1CC1CC1C(CC(C)CC)CC1C1CC(CCC)C1. The second-order valence-corrected chi connectivity index (χ2v) is 9.59. The summed E-state index contributed by atoms with van der Waals surface area (Å²) in [5.74, 6) is 8.68. The summed E-state index contributed by atoms with van der Waals surface area (Å²) < 4.78 is 0. The maximum atomic E-state index is 2.48. The minimum absolute atomic E-state index is 0.955. The van der Waals surface area contributed by atoms with E-state index in [1.54, 1.807) is 32.1 Å². The molecule has 0 N–H and O–H groups in total. The van der Waals surface area contributed by atoms with Crippen LogP contribution >= 0.6 is 0 Å². The minimum atomic E-state index is 0.955. The fourth-order valence-corrected chi connectivity index (χ4v) is 6.04. The van der Waals surface area contributed by atoms with E-state index in [0.717, 1.165) is 47.3 Å². The highest BCUT2D eigenvalue weighted by Crippen LogP contribution is 2.59. The van der Waals surface area contributed by atoms with Crippen molar-refractivity contribution < 1.29 is 0 Å². The largest absolute Gasteiger partial charge is 0.106 e. The van der Waals surface area contributed by atoms with Crippen LogP contribution in [0.2, 0.25) is 13.1 Å². The summed E-state index contributed by atoms with van der Waals surface area (Å²) in [7, 11) is 2.40. The first-order valence-electron chi connectivity index (χ1n) is 10.9. The molecule has 0 bridgehead atoms. The number of hydrogen-bond acceptors (Lipinski definition) is 0. The molecule has 23 heavy (non-hydrogen) atoms. The van der Waals surface area contributed by atoms with Gasteiger partial charge in [0.1, 0.15) is 7.28 Å². The van der Waals surface area contributed by atoms with Gasteiger partial charge in [0.05, 0.1) is 0 Å². The molecule has 1 heteroatoms. The first-order valence-corrected chi connectivity index (χ1v) is 10.9. The zero-order chi connectivity index (χ0) is 16.4. The van der Waals surface area contributed by atoms with Gasteiger partial charge in [-0.25, -0.2) is 0 Å². The Kier molecular flexibility index (Phi) is 6.19. The maximum Gasteiger partial charge on any atom is 0.106 e. The average Bonchev–Trinajstić information content (AvgIpc) is 3.23. The lowest BCUT2D eigenvalue weighted by Gasteiger charge is -2.54. The van der Waals surface area contributed by atoms with Gasteiger partial charge < -0.3 is 0 Å². The predicted octanol–water partition coefficient (Wildman–Crippen LogP) is 6.70. The summed E-state index contributed by atoms with van der Waals surface area (Å²) in [6.45, 7) is 9.47. The molecule has 0 heterocycles. The molecule has 3 aliphatic carbocycles. The highest BCUT2D eigenvalue weighted by Gasteiger charge is 2.50. The van der Waals surface area contributed by atoms with E-state index in [1.165, 1.54) is 32.0 Å². The van der Waals surface area contributed by atoms with Crippen LogP contribution < -0.4 is 0 Å². The van der Waals surface area contributed by atoms with Crippen LogP contribution in [0.15, 0.2) is 0 Å². The third-order valence-electron chi connectivity index (χ3n) is 7.89. The van der Waals surface area contributed by atoms with Crippen molar-refractivity contribution >= 4 is 7.28 Å². The molecule has 0 spiro atoms. The van der Waals surface area contributed by atoms with Crippen LogP contribution in [0.25, 0.3) is 0 Å². The lowest BCUT2D eigenvalue weighted by Crippen LogP contribution is -2.46. The topological polar surface area (TPSA) is 0 Å². The van der Waals surface area contributed by atoms with Crippen molar-refractivity contribution in [2.24, 2.45) is 47.3 Å². The first kappa shape index (κ1) is 17.9. The summed E-state index contributed by atoms with van der Waals surface area (Å²) in [6, 6.07) is 0. The van der Waals surface area contributed by atoms with E-state index in [2.05, 4.69) is 34.9 Å². The Hall–Kier alpha value is 0.0649. The molecule has 6 atom stereocenters. The second kappa shape index (κ2) is 7.96. The smallest absolute Gasteiger partial charge is 0.0920 e. The van der Waals surface area contributed by atoms with Gasteiger partial charge in [0.25, 0.3) is 0 Å². The molecule has 3 saturated carbocycles. The fraction of sp³-hybridized carbons (Fsp3) is 1.00. The van der Waals surface area contributed by atoms with E-state index in [-0.39, 0.29) is 0 Å². The summed E-state index contributed by atoms with van der Waals surface area (Å²) in [4.78, 5) is 0. The fourth-order valence-electron chi connectivity index (χ4n) is 6.04. The van der Waals surface area contributed by atoms with Crippen LogP contribution in [-0.4, -0.2) is 7.28 Å². The molecular weight excluding hydrogens is 275 g/mol. The summed E-state index contributed by atoms with van der Waals surface area (Å²) in [6.07, 6.45) is 15.1. The minimum Gasteiger partial charge on any atom is -0.0920 e. The summed E-state index contributed by atoms with van der Waals surface area (Å²) >= 11 is 0. The standard InChI is InChI=1S/C22H40B/c1-5-7-16-9-19(10-16)22-13-18(8-15(3)6-2)21(22)12-17-11-20(17)14-23-4/h15-22H,5-14H2,1-4H3. The average molecular weight is 315 g/mol. The van der Waals surface area contributed by atoms with E-state index >= 15 is 0 Å². The molecule has 0 saturated heterocycles. The molecular formula is C22H40B. The number of rotatable bonds is 10. The molecule has 0 aliphatic heterocycles. The maximum absolute atomic E-state index is 2.48. The van der Waals surface area contributed by atoms with E-state index < -0.39 is 0 Å². The van der Waals surface area contributed by atoms with Gasteiger partial charge in [0.15, 0.2) is 0 Å². The first-order chi connectivity index (χ1) is 11.2. The van der Waals surface area contributed by atoms with Gasteiger partial charge in [-0.3, -0.25) is 0 Å².